The molecule has 502 valence electrons. The van der Waals surface area contributed by atoms with Crippen LogP contribution < -0.4 is 26.2 Å². The van der Waals surface area contributed by atoms with Crippen LogP contribution in [0.5, 0.6) is 0 Å². The van der Waals surface area contributed by atoms with Crippen LogP contribution in [-0.4, -0.2) is 11.3 Å². The van der Waals surface area contributed by atoms with E-state index in [4.69, 9.17) is 0 Å². The van der Waals surface area contributed by atoms with Crippen LogP contribution in [0.2, 0.25) is 0 Å². The van der Waals surface area contributed by atoms with E-state index < -0.39 is 0 Å². The molecular weight excluding hydrogens is 1210 g/mol. The summed E-state index contributed by atoms with van der Waals surface area (Å²) in [6, 6.07) is 86.8. The van der Waals surface area contributed by atoms with E-state index in [1.807, 2.05) is 0 Å². The van der Waals surface area contributed by atoms with Gasteiger partial charge in [-0.15, -0.1) is 0 Å². The van der Waals surface area contributed by atoms with Crippen LogP contribution >= 0.6 is 0 Å². The molecule has 3 heterocycles. The van der Waals surface area contributed by atoms with Crippen molar-refractivity contribution < 1.29 is 0 Å². The minimum atomic E-state index is -0.121. The molecule has 11 aromatic carbocycles. The summed E-state index contributed by atoms with van der Waals surface area (Å²) in [5.41, 5.74) is 35.7. The van der Waals surface area contributed by atoms with E-state index in [0.29, 0.717) is 0 Å². The molecule has 1 aromatic heterocycles. The highest BCUT2D eigenvalue weighted by Crippen LogP contribution is 2.54. The number of hydrogen-bond donors (Lipinski definition) is 0. The first kappa shape index (κ1) is 65.5. The molecule has 0 spiro atoms. The average Bonchev–Trinajstić information content (AvgIpc) is 0.865. The molecule has 2 aliphatic heterocycles. The predicted octanol–water partition coefficient (Wildman–Crippen LogP) is 24.6. The van der Waals surface area contributed by atoms with Crippen LogP contribution in [0.25, 0.3) is 72.0 Å². The van der Waals surface area contributed by atoms with Crippen LogP contribution in [0.1, 0.15) is 196 Å². The Bertz CT molecular complexity index is 4980. The lowest BCUT2D eigenvalue weighted by Gasteiger charge is -2.44. The quantitative estimate of drug-likeness (QED) is 0.147. The van der Waals surface area contributed by atoms with E-state index in [0.717, 1.165) is 29.9 Å². The van der Waals surface area contributed by atoms with Gasteiger partial charge >= 0.3 is 0 Å². The molecule has 0 bridgehead atoms. The van der Waals surface area contributed by atoms with Crippen molar-refractivity contribution in [3.05, 3.63) is 263 Å². The van der Waals surface area contributed by atoms with E-state index >= 15 is 0 Å². The number of benzene rings is 11. The van der Waals surface area contributed by atoms with Gasteiger partial charge in [0, 0.05) is 44.9 Å². The fraction of sp³-hybridized carbons (Fsp3) is 0.312. The molecule has 0 saturated carbocycles. The monoisotopic (exact) mass is 1310 g/mol. The molecule has 0 amide bonds. The molecule has 3 nitrogen and oxygen atoms in total. The van der Waals surface area contributed by atoms with Gasteiger partial charge in [-0.05, 0) is 234 Å². The van der Waals surface area contributed by atoms with E-state index in [1.165, 1.54) is 150 Å². The second-order valence-corrected chi connectivity index (χ2v) is 37.0. The van der Waals surface area contributed by atoms with Gasteiger partial charge in [-0.1, -0.05) is 284 Å². The van der Waals surface area contributed by atoms with Gasteiger partial charge in [0.15, 0.2) is 0 Å². The molecule has 2 aliphatic carbocycles. The third-order valence-electron chi connectivity index (χ3n) is 23.6. The van der Waals surface area contributed by atoms with Crippen molar-refractivity contribution in [3.8, 4) is 50.2 Å². The Hall–Kier alpha value is -9.12. The van der Waals surface area contributed by atoms with Gasteiger partial charge < -0.3 is 14.4 Å². The first-order valence-electron chi connectivity index (χ1n) is 36.9. The summed E-state index contributed by atoms with van der Waals surface area (Å²) in [7, 11) is 0. The van der Waals surface area contributed by atoms with Gasteiger partial charge in [-0.25, -0.2) is 0 Å². The highest BCUT2D eigenvalue weighted by Gasteiger charge is 2.46. The van der Waals surface area contributed by atoms with Crippen molar-refractivity contribution in [2.45, 2.75) is 195 Å². The molecule has 0 N–H and O–H groups in total. The molecule has 4 aliphatic rings. The Labute approximate surface area is 597 Å². The van der Waals surface area contributed by atoms with Crippen LogP contribution in [-0.2, 0) is 43.3 Å². The van der Waals surface area contributed by atoms with Crippen molar-refractivity contribution in [2.75, 3.05) is 9.80 Å². The van der Waals surface area contributed by atoms with Crippen LogP contribution in [0.3, 0.4) is 0 Å². The molecule has 16 rings (SSSR count). The van der Waals surface area contributed by atoms with Crippen LogP contribution in [0, 0.1) is 0 Å². The van der Waals surface area contributed by atoms with E-state index in [-0.39, 0.29) is 50.0 Å². The zero-order valence-electron chi connectivity index (χ0n) is 63.1. The van der Waals surface area contributed by atoms with Crippen LogP contribution in [0.15, 0.2) is 218 Å². The lowest BCUT2D eigenvalue weighted by atomic mass is 9.33. The lowest BCUT2D eigenvalue weighted by molar-refractivity contribution is 0.402. The van der Waals surface area contributed by atoms with Crippen molar-refractivity contribution >= 4 is 79.0 Å². The number of anilines is 6. The Morgan fingerprint density at radius 3 is 0.920 bits per heavy atom. The predicted molar refractivity (Wildman–Crippen MR) is 433 cm³/mol. The fourth-order valence-corrected chi connectivity index (χ4v) is 18.5. The highest BCUT2D eigenvalue weighted by molar-refractivity contribution is 7.00. The molecule has 0 atom stereocenters. The first-order valence-corrected chi connectivity index (χ1v) is 36.9. The Morgan fingerprint density at radius 2 is 0.570 bits per heavy atom. The molecular formula is C96H100BN3. The maximum atomic E-state index is 2.64. The summed E-state index contributed by atoms with van der Waals surface area (Å²) in [5.74, 6) is 0. The lowest BCUT2D eigenvalue weighted by Crippen LogP contribution is -2.61. The second kappa shape index (κ2) is 22.2. The van der Waals surface area contributed by atoms with Crippen molar-refractivity contribution in [3.63, 3.8) is 0 Å². The molecule has 4 heteroatoms. The average molecular weight is 1310 g/mol. The minimum Gasteiger partial charge on any atom is -0.311 e. The normalized spacial score (nSPS) is 16.4. The van der Waals surface area contributed by atoms with Gasteiger partial charge in [0.25, 0.3) is 6.71 Å². The van der Waals surface area contributed by atoms with Gasteiger partial charge in [0.1, 0.15) is 0 Å². The molecule has 0 saturated heterocycles. The number of aromatic nitrogens is 1. The standard InChI is InChI=1S/C96H100BN3/c1-89(2,3)67-33-21-59(22-34-67)65-31-45-80-84(51-65)98(71-39-25-61(26-40-71)63-29-43-76-78(49-63)95(17,18)57-93(76,13)14)86-55-73(100-82-47-37-69(91(7,8)9)53-74(82)75-54-70(92(10,11)12)38-48-83(75)100)56-87-88(86)97(80)81-46-32-66(60-23-35-68(36-24-60)90(4,5)6)52-85(81)99(87)72-41-27-62(28-42-72)64-30-44-77-79(50-64)96(19,20)58-94(77,15)16/h21-56H,57-58H2,1-20H3. The zero-order valence-corrected chi connectivity index (χ0v) is 63.1. The number of nitrogens with zero attached hydrogens (tertiary/aromatic N) is 3. The molecule has 0 radical (unpaired) electrons. The fourth-order valence-electron chi connectivity index (χ4n) is 18.5. The smallest absolute Gasteiger partial charge is 0.252 e. The summed E-state index contributed by atoms with van der Waals surface area (Å²) in [6.07, 6.45) is 2.27. The van der Waals surface area contributed by atoms with Crippen LogP contribution in [0.4, 0.5) is 34.1 Å². The third-order valence-corrected chi connectivity index (χ3v) is 23.6. The van der Waals surface area contributed by atoms with Crippen molar-refractivity contribution in [1.29, 1.82) is 0 Å². The summed E-state index contributed by atoms with van der Waals surface area (Å²) in [6.45, 7) is 47.1. The summed E-state index contributed by atoms with van der Waals surface area (Å²) in [4.78, 5) is 5.27. The largest absolute Gasteiger partial charge is 0.311 e. The topological polar surface area (TPSA) is 11.4 Å². The van der Waals surface area contributed by atoms with E-state index in [1.54, 1.807) is 0 Å². The van der Waals surface area contributed by atoms with Crippen molar-refractivity contribution in [2.24, 2.45) is 0 Å². The zero-order chi connectivity index (χ0) is 70.5. The summed E-state index contributed by atoms with van der Waals surface area (Å²) in [5, 5.41) is 2.55. The van der Waals surface area contributed by atoms with Crippen molar-refractivity contribution in [1.82, 2.24) is 4.57 Å². The second-order valence-electron chi connectivity index (χ2n) is 37.0. The molecule has 0 fully saturated rings. The van der Waals surface area contributed by atoms with Gasteiger partial charge in [-0.2, -0.15) is 0 Å². The maximum absolute atomic E-state index is 2.64. The van der Waals surface area contributed by atoms with Gasteiger partial charge in [-0.3, -0.25) is 0 Å². The maximum Gasteiger partial charge on any atom is 0.252 e. The minimum absolute atomic E-state index is 0.0280. The van der Waals surface area contributed by atoms with Gasteiger partial charge in [0.05, 0.1) is 16.7 Å². The Kier molecular flexibility index (Phi) is 14.5. The summed E-state index contributed by atoms with van der Waals surface area (Å²) < 4.78 is 2.59. The first-order chi connectivity index (χ1) is 47.0. The third kappa shape index (κ3) is 10.7. The Balaban J connectivity index is 0.984. The highest BCUT2D eigenvalue weighted by atomic mass is 15.2. The number of rotatable bonds is 7. The molecule has 100 heavy (non-hydrogen) atoms. The Morgan fingerprint density at radius 1 is 0.270 bits per heavy atom. The summed E-state index contributed by atoms with van der Waals surface area (Å²) >= 11 is 0. The molecule has 0 unspecified atom stereocenters. The van der Waals surface area contributed by atoms with E-state index in [9.17, 15) is 0 Å². The van der Waals surface area contributed by atoms with Gasteiger partial charge in [0.2, 0.25) is 0 Å². The van der Waals surface area contributed by atoms with E-state index in [2.05, 4.69) is 371 Å². The molecule has 12 aromatic rings. The number of hydrogen-bond acceptors (Lipinski definition) is 2. The number of fused-ring (bicyclic) bond motifs is 9. The SMILES string of the molecule is CC(C)(C)c1ccc(-c2ccc3c(c2)N(c2ccc(-c4ccc5c(c4)C(C)(C)CC5(C)C)cc2)c2cc(-n4c5ccc(C(C)(C)C)cc5c5cc(C(C)(C)C)ccc54)cc4c2B3c2ccc(-c3ccc(C(C)(C)C)cc3)cc2N4c2ccc(-c3ccc4c(c3)C(C)(C)CC4(C)C)cc2)cc1.